The average molecular weight is 316 g/mol. The molecule has 0 amide bonds. The normalized spacial score (nSPS) is 11.7. The van der Waals surface area contributed by atoms with Crippen molar-refractivity contribution in [3.63, 3.8) is 0 Å². The molecule has 0 spiro atoms. The summed E-state index contributed by atoms with van der Waals surface area (Å²) in [6, 6.07) is 6.17. The number of rotatable bonds is 6. The van der Waals surface area contributed by atoms with Gasteiger partial charge in [-0.15, -0.1) is 0 Å². The van der Waals surface area contributed by atoms with Gasteiger partial charge in [0.1, 0.15) is 0 Å². The first-order valence-corrected chi connectivity index (χ1v) is 7.71. The molecule has 0 radical (unpaired) electrons. The van der Waals surface area contributed by atoms with E-state index >= 15 is 0 Å². The molecular weight excluding hydrogens is 302 g/mol. The Balaban J connectivity index is 2.18. The SMILES string of the molecule is CNCc1cc(S(=O)(=O)NCc2ccno2)ccc1Cl. The van der Waals surface area contributed by atoms with Crippen molar-refractivity contribution in [2.75, 3.05) is 7.05 Å². The quantitative estimate of drug-likeness (QED) is 0.844. The zero-order chi connectivity index (χ0) is 14.6. The minimum Gasteiger partial charge on any atom is -0.360 e. The fourth-order valence-corrected chi connectivity index (χ4v) is 2.85. The van der Waals surface area contributed by atoms with Crippen molar-refractivity contribution in [1.82, 2.24) is 15.2 Å². The van der Waals surface area contributed by atoms with Crippen LogP contribution in [0.5, 0.6) is 0 Å². The molecule has 2 N–H and O–H groups in total. The third-order valence-corrected chi connectivity index (χ3v) is 4.39. The molecule has 0 saturated heterocycles. The van der Waals surface area contributed by atoms with E-state index in [0.717, 1.165) is 5.56 Å². The minimum atomic E-state index is -3.62. The Kier molecular flexibility index (Phi) is 4.77. The molecule has 108 valence electrons. The first-order valence-electron chi connectivity index (χ1n) is 5.85. The van der Waals surface area contributed by atoms with Crippen molar-refractivity contribution in [3.05, 3.63) is 46.8 Å². The van der Waals surface area contributed by atoms with Gasteiger partial charge in [0.2, 0.25) is 10.0 Å². The Labute approximate surface area is 122 Å². The number of nitrogens with one attached hydrogen (secondary N) is 2. The molecule has 20 heavy (non-hydrogen) atoms. The van der Waals surface area contributed by atoms with Crippen LogP contribution in [0, 0.1) is 0 Å². The Hall–Kier alpha value is -1.41. The van der Waals surface area contributed by atoms with Gasteiger partial charge in [-0.05, 0) is 30.8 Å². The van der Waals surface area contributed by atoms with Gasteiger partial charge in [-0.3, -0.25) is 0 Å². The molecule has 2 rings (SSSR count). The number of nitrogens with zero attached hydrogens (tertiary/aromatic N) is 1. The van der Waals surface area contributed by atoms with E-state index in [9.17, 15) is 8.42 Å². The van der Waals surface area contributed by atoms with Crippen molar-refractivity contribution in [1.29, 1.82) is 0 Å². The summed E-state index contributed by atoms with van der Waals surface area (Å²) in [6.07, 6.45) is 1.46. The van der Waals surface area contributed by atoms with Crippen LogP contribution in [0.15, 0.2) is 39.9 Å². The van der Waals surface area contributed by atoms with Crippen LogP contribution in [-0.2, 0) is 23.1 Å². The van der Waals surface area contributed by atoms with E-state index in [4.69, 9.17) is 16.1 Å². The Morgan fingerprint density at radius 3 is 2.75 bits per heavy atom. The molecule has 1 heterocycles. The van der Waals surface area contributed by atoms with E-state index in [1.165, 1.54) is 12.3 Å². The number of benzene rings is 1. The number of aromatic nitrogens is 1. The highest BCUT2D eigenvalue weighted by atomic mass is 35.5. The van der Waals surface area contributed by atoms with E-state index in [-0.39, 0.29) is 11.4 Å². The molecule has 6 nitrogen and oxygen atoms in total. The maximum atomic E-state index is 12.2. The standard InChI is InChI=1S/C12H14ClN3O3S/c1-14-7-9-6-11(2-3-12(9)13)20(17,18)16-8-10-4-5-15-19-10/h2-6,14,16H,7-8H2,1H3. The number of halogens is 1. The second-order valence-electron chi connectivity index (χ2n) is 4.09. The Morgan fingerprint density at radius 2 is 2.10 bits per heavy atom. The topological polar surface area (TPSA) is 84.2 Å². The minimum absolute atomic E-state index is 0.0479. The Morgan fingerprint density at radius 1 is 1.30 bits per heavy atom. The van der Waals surface area contributed by atoms with E-state index in [0.29, 0.717) is 17.3 Å². The summed E-state index contributed by atoms with van der Waals surface area (Å²) in [7, 11) is -1.85. The van der Waals surface area contributed by atoms with Gasteiger partial charge < -0.3 is 9.84 Å². The van der Waals surface area contributed by atoms with E-state index in [2.05, 4.69) is 15.2 Å². The zero-order valence-electron chi connectivity index (χ0n) is 10.8. The van der Waals surface area contributed by atoms with Crippen LogP contribution in [0.1, 0.15) is 11.3 Å². The van der Waals surface area contributed by atoms with Gasteiger partial charge in [0.15, 0.2) is 5.76 Å². The lowest BCUT2D eigenvalue weighted by atomic mass is 10.2. The predicted octanol–water partition coefficient (Wildman–Crippen LogP) is 1.53. The van der Waals surface area contributed by atoms with Gasteiger partial charge in [0.05, 0.1) is 17.6 Å². The number of sulfonamides is 1. The number of hydrogen-bond donors (Lipinski definition) is 2. The summed E-state index contributed by atoms with van der Waals surface area (Å²) in [4.78, 5) is 0.159. The van der Waals surface area contributed by atoms with Gasteiger partial charge in [-0.2, -0.15) is 0 Å². The van der Waals surface area contributed by atoms with Crippen LogP contribution in [0.3, 0.4) is 0 Å². The van der Waals surface area contributed by atoms with Crippen LogP contribution in [0.4, 0.5) is 0 Å². The second-order valence-corrected chi connectivity index (χ2v) is 6.26. The fourth-order valence-electron chi connectivity index (χ4n) is 1.63. The number of hydrogen-bond acceptors (Lipinski definition) is 5. The second kappa shape index (κ2) is 6.36. The molecule has 0 aliphatic carbocycles. The summed E-state index contributed by atoms with van der Waals surface area (Å²) in [5.41, 5.74) is 0.719. The van der Waals surface area contributed by atoms with E-state index < -0.39 is 10.0 Å². The summed E-state index contributed by atoms with van der Waals surface area (Å²) in [5, 5.41) is 6.97. The van der Waals surface area contributed by atoms with Crippen LogP contribution in [0.2, 0.25) is 5.02 Å². The molecule has 0 bridgehead atoms. The van der Waals surface area contributed by atoms with Crippen molar-refractivity contribution < 1.29 is 12.9 Å². The van der Waals surface area contributed by atoms with Crippen molar-refractivity contribution in [2.24, 2.45) is 0 Å². The molecule has 1 aromatic carbocycles. The largest absolute Gasteiger partial charge is 0.360 e. The van der Waals surface area contributed by atoms with Gasteiger partial charge >= 0.3 is 0 Å². The fraction of sp³-hybridized carbons (Fsp3) is 0.250. The van der Waals surface area contributed by atoms with Gasteiger partial charge in [-0.25, -0.2) is 13.1 Å². The van der Waals surface area contributed by atoms with Crippen LogP contribution in [-0.4, -0.2) is 20.6 Å². The van der Waals surface area contributed by atoms with Crippen molar-refractivity contribution in [3.8, 4) is 0 Å². The van der Waals surface area contributed by atoms with Crippen LogP contribution < -0.4 is 10.0 Å². The van der Waals surface area contributed by atoms with Crippen LogP contribution >= 0.6 is 11.6 Å². The average Bonchev–Trinajstić information content (AvgIpc) is 2.92. The maximum Gasteiger partial charge on any atom is 0.240 e. The van der Waals surface area contributed by atoms with Gasteiger partial charge in [0.25, 0.3) is 0 Å². The molecule has 0 saturated carbocycles. The zero-order valence-corrected chi connectivity index (χ0v) is 12.3. The highest BCUT2D eigenvalue weighted by molar-refractivity contribution is 7.89. The monoisotopic (exact) mass is 315 g/mol. The maximum absolute atomic E-state index is 12.2. The molecule has 0 fully saturated rings. The molecule has 2 aromatic rings. The molecule has 1 aromatic heterocycles. The molecule has 0 atom stereocenters. The first-order chi connectivity index (χ1) is 9.53. The van der Waals surface area contributed by atoms with Crippen LogP contribution in [0.25, 0.3) is 0 Å². The summed E-state index contributed by atoms with van der Waals surface area (Å²) < 4.78 is 31.6. The lowest BCUT2D eigenvalue weighted by molar-refractivity contribution is 0.380. The van der Waals surface area contributed by atoms with E-state index in [1.807, 2.05) is 0 Å². The smallest absolute Gasteiger partial charge is 0.240 e. The molecule has 8 heteroatoms. The predicted molar refractivity (Wildman–Crippen MR) is 74.7 cm³/mol. The Bertz CT molecular complexity index is 671. The van der Waals surface area contributed by atoms with Gasteiger partial charge in [-0.1, -0.05) is 16.8 Å². The molecule has 0 aliphatic heterocycles. The molecular formula is C12H14ClN3O3S. The third kappa shape index (κ3) is 3.57. The van der Waals surface area contributed by atoms with E-state index in [1.54, 1.807) is 25.2 Å². The van der Waals surface area contributed by atoms with Crippen molar-refractivity contribution in [2.45, 2.75) is 18.0 Å². The third-order valence-electron chi connectivity index (χ3n) is 2.62. The van der Waals surface area contributed by atoms with Crippen molar-refractivity contribution >= 4 is 21.6 Å². The highest BCUT2D eigenvalue weighted by Crippen LogP contribution is 2.20. The summed E-state index contributed by atoms with van der Waals surface area (Å²) >= 11 is 6.00. The summed E-state index contributed by atoms with van der Waals surface area (Å²) in [6.45, 7) is 0.538. The lowest BCUT2D eigenvalue weighted by Gasteiger charge is -2.09. The van der Waals surface area contributed by atoms with Gasteiger partial charge in [0, 0.05) is 17.6 Å². The molecule has 0 aliphatic rings. The molecule has 0 unspecified atom stereocenters. The lowest BCUT2D eigenvalue weighted by Crippen LogP contribution is -2.23. The highest BCUT2D eigenvalue weighted by Gasteiger charge is 2.16. The summed E-state index contributed by atoms with van der Waals surface area (Å²) in [5.74, 6) is 0.443. The first kappa shape index (κ1) is 15.0.